The number of methoxy groups -OCH3 is 2. The Morgan fingerprint density at radius 1 is 1.00 bits per heavy atom. The third-order valence-corrected chi connectivity index (χ3v) is 7.18. The van der Waals surface area contributed by atoms with Gasteiger partial charge in [0.2, 0.25) is 15.9 Å². The van der Waals surface area contributed by atoms with Crippen LogP contribution in [0.1, 0.15) is 6.42 Å². The third kappa shape index (κ3) is 3.76. The molecular formula is C17H18N2O7S2. The minimum Gasteiger partial charge on any atom is -0.493 e. The Hall–Kier alpha value is -2.79. The maximum Gasteiger partial charge on any atom is 0.261 e. The lowest BCUT2D eigenvalue weighted by Gasteiger charge is -2.16. The van der Waals surface area contributed by atoms with Crippen molar-refractivity contribution in [2.45, 2.75) is 11.3 Å². The molecule has 1 aliphatic rings. The molecule has 0 atom stereocenters. The molecule has 1 heterocycles. The Balaban J connectivity index is 1.86. The zero-order chi connectivity index (χ0) is 20.5. The SMILES string of the molecule is COc1ccc(NS(=O)(=O)c2ccc(N3C(=O)CCS3(=O)=O)cc2)cc1OC. The van der Waals surface area contributed by atoms with E-state index in [-0.39, 0.29) is 28.4 Å². The molecule has 0 unspecified atom stereocenters. The number of nitrogens with one attached hydrogen (secondary N) is 1. The van der Waals surface area contributed by atoms with Gasteiger partial charge in [-0.1, -0.05) is 0 Å². The van der Waals surface area contributed by atoms with E-state index in [4.69, 9.17) is 9.47 Å². The van der Waals surface area contributed by atoms with Crippen LogP contribution in [0.25, 0.3) is 0 Å². The van der Waals surface area contributed by atoms with Crippen molar-refractivity contribution in [3.05, 3.63) is 42.5 Å². The summed E-state index contributed by atoms with van der Waals surface area (Å²) < 4.78 is 62.5. The number of anilines is 2. The Bertz CT molecular complexity index is 1110. The first-order valence-corrected chi connectivity index (χ1v) is 11.2. The van der Waals surface area contributed by atoms with Crippen molar-refractivity contribution in [3.8, 4) is 11.5 Å². The molecule has 0 saturated carbocycles. The van der Waals surface area contributed by atoms with E-state index in [9.17, 15) is 21.6 Å². The van der Waals surface area contributed by atoms with Crippen molar-refractivity contribution in [1.29, 1.82) is 0 Å². The van der Waals surface area contributed by atoms with Crippen LogP contribution in [-0.2, 0) is 24.8 Å². The summed E-state index contributed by atoms with van der Waals surface area (Å²) in [5, 5.41) is 0. The number of carbonyl (C=O) groups excluding carboxylic acids is 1. The molecule has 0 radical (unpaired) electrons. The fourth-order valence-corrected chi connectivity index (χ4v) is 5.25. The van der Waals surface area contributed by atoms with Crippen molar-refractivity contribution >= 4 is 37.3 Å². The Kier molecular flexibility index (Phi) is 5.22. The topological polar surface area (TPSA) is 119 Å². The van der Waals surface area contributed by atoms with Crippen molar-refractivity contribution in [2.75, 3.05) is 29.0 Å². The summed E-state index contributed by atoms with van der Waals surface area (Å²) in [5.41, 5.74) is 0.367. The molecule has 2 aromatic rings. The predicted molar refractivity (Wildman–Crippen MR) is 103 cm³/mol. The van der Waals surface area contributed by atoms with Crippen LogP contribution >= 0.6 is 0 Å². The van der Waals surface area contributed by atoms with Gasteiger partial charge in [0.1, 0.15) is 0 Å². The zero-order valence-electron chi connectivity index (χ0n) is 15.1. The van der Waals surface area contributed by atoms with Crippen molar-refractivity contribution in [3.63, 3.8) is 0 Å². The maximum absolute atomic E-state index is 12.6. The molecule has 1 saturated heterocycles. The van der Waals surface area contributed by atoms with Crippen LogP contribution in [0.4, 0.5) is 11.4 Å². The second kappa shape index (κ2) is 7.32. The summed E-state index contributed by atoms with van der Waals surface area (Å²) in [4.78, 5) is 11.7. The average Bonchev–Trinajstić information content (AvgIpc) is 2.94. The highest BCUT2D eigenvalue weighted by Crippen LogP contribution is 2.31. The van der Waals surface area contributed by atoms with Crippen molar-refractivity contribution in [1.82, 2.24) is 0 Å². The number of amides is 1. The first-order valence-electron chi connectivity index (χ1n) is 8.09. The first kappa shape index (κ1) is 20.0. The normalized spacial score (nSPS) is 16.1. The van der Waals surface area contributed by atoms with Crippen molar-refractivity contribution < 1.29 is 31.1 Å². The molecule has 1 N–H and O–H groups in total. The Morgan fingerprint density at radius 3 is 2.18 bits per heavy atom. The van der Waals surface area contributed by atoms with E-state index < -0.39 is 26.0 Å². The maximum atomic E-state index is 12.6. The fraction of sp³-hybridized carbons (Fsp3) is 0.235. The quantitative estimate of drug-likeness (QED) is 0.745. The molecule has 11 heteroatoms. The molecule has 0 bridgehead atoms. The second-order valence-corrected chi connectivity index (χ2v) is 9.51. The van der Waals surface area contributed by atoms with Gasteiger partial charge in [0, 0.05) is 12.5 Å². The van der Waals surface area contributed by atoms with Gasteiger partial charge in [0.25, 0.3) is 10.0 Å². The summed E-state index contributed by atoms with van der Waals surface area (Å²) in [6, 6.07) is 9.58. The summed E-state index contributed by atoms with van der Waals surface area (Å²) in [5.74, 6) is 0.00775. The van der Waals surface area contributed by atoms with Crippen LogP contribution in [0, 0.1) is 0 Å². The van der Waals surface area contributed by atoms with E-state index in [1.54, 1.807) is 6.07 Å². The number of nitrogens with zero attached hydrogens (tertiary/aromatic N) is 1. The molecule has 9 nitrogen and oxygen atoms in total. The zero-order valence-corrected chi connectivity index (χ0v) is 16.7. The molecular weight excluding hydrogens is 408 g/mol. The summed E-state index contributed by atoms with van der Waals surface area (Å²) in [7, 11) is -4.75. The monoisotopic (exact) mass is 426 g/mol. The number of benzene rings is 2. The van der Waals surface area contributed by atoms with Crippen LogP contribution < -0.4 is 18.5 Å². The molecule has 0 aromatic heterocycles. The minimum atomic E-state index is -3.94. The molecule has 2 aromatic carbocycles. The lowest BCUT2D eigenvalue weighted by atomic mass is 10.3. The van der Waals surface area contributed by atoms with Crippen LogP contribution in [-0.4, -0.2) is 42.7 Å². The van der Waals surface area contributed by atoms with E-state index in [1.807, 2.05) is 0 Å². The predicted octanol–water partition coefficient (Wildman–Crippen LogP) is 1.57. The number of rotatable bonds is 6. The van der Waals surface area contributed by atoms with E-state index in [0.29, 0.717) is 15.8 Å². The number of ether oxygens (including phenoxy) is 2. The third-order valence-electron chi connectivity index (χ3n) is 4.10. The fourth-order valence-electron chi connectivity index (χ4n) is 2.74. The lowest BCUT2D eigenvalue weighted by Crippen LogP contribution is -2.29. The largest absolute Gasteiger partial charge is 0.493 e. The van der Waals surface area contributed by atoms with Crippen LogP contribution in [0.3, 0.4) is 0 Å². The minimum absolute atomic E-state index is 0.0879. The molecule has 28 heavy (non-hydrogen) atoms. The van der Waals surface area contributed by atoms with Gasteiger partial charge in [-0.2, -0.15) is 0 Å². The highest BCUT2D eigenvalue weighted by molar-refractivity contribution is 7.94. The highest BCUT2D eigenvalue weighted by atomic mass is 32.2. The highest BCUT2D eigenvalue weighted by Gasteiger charge is 2.36. The summed E-state index contributed by atoms with van der Waals surface area (Å²) in [6.07, 6.45) is -0.0940. The van der Waals surface area contributed by atoms with E-state index >= 15 is 0 Å². The lowest BCUT2D eigenvalue weighted by molar-refractivity contribution is -0.116. The van der Waals surface area contributed by atoms with Crippen LogP contribution in [0.5, 0.6) is 11.5 Å². The van der Waals surface area contributed by atoms with E-state index in [0.717, 1.165) is 0 Å². The molecule has 1 aliphatic heterocycles. The van der Waals surface area contributed by atoms with E-state index in [1.165, 1.54) is 50.6 Å². The van der Waals surface area contributed by atoms with Gasteiger partial charge < -0.3 is 9.47 Å². The number of hydrogen-bond donors (Lipinski definition) is 1. The Labute approximate surface area is 163 Å². The Morgan fingerprint density at radius 2 is 1.64 bits per heavy atom. The molecule has 0 aliphatic carbocycles. The van der Waals surface area contributed by atoms with Gasteiger partial charge in [0.05, 0.1) is 36.2 Å². The van der Waals surface area contributed by atoms with Gasteiger partial charge >= 0.3 is 0 Å². The number of carbonyl (C=O) groups is 1. The summed E-state index contributed by atoms with van der Waals surface area (Å²) in [6.45, 7) is 0. The summed E-state index contributed by atoms with van der Waals surface area (Å²) >= 11 is 0. The van der Waals surface area contributed by atoms with E-state index in [2.05, 4.69) is 4.72 Å². The van der Waals surface area contributed by atoms with Gasteiger partial charge in [-0.15, -0.1) is 0 Å². The standard InChI is InChI=1S/C17H18N2O7S2/c1-25-15-8-3-12(11-16(15)26-2)18-28(23,24)14-6-4-13(5-7-14)19-17(20)9-10-27(19,21)22/h3-8,11,18H,9-10H2,1-2H3. The number of sulfonamides is 2. The van der Waals surface area contributed by atoms with Gasteiger partial charge in [0.15, 0.2) is 11.5 Å². The van der Waals surface area contributed by atoms with Gasteiger partial charge in [-0.05, 0) is 36.4 Å². The van der Waals surface area contributed by atoms with Crippen LogP contribution in [0.2, 0.25) is 0 Å². The van der Waals surface area contributed by atoms with Crippen molar-refractivity contribution in [2.24, 2.45) is 0 Å². The molecule has 1 amide bonds. The van der Waals surface area contributed by atoms with Crippen LogP contribution in [0.15, 0.2) is 47.4 Å². The molecule has 3 rings (SSSR count). The van der Waals surface area contributed by atoms with Gasteiger partial charge in [-0.25, -0.2) is 21.1 Å². The van der Waals surface area contributed by atoms with Gasteiger partial charge in [-0.3, -0.25) is 9.52 Å². The number of hydrogen-bond acceptors (Lipinski definition) is 7. The molecule has 0 spiro atoms. The molecule has 150 valence electrons. The first-order chi connectivity index (χ1) is 13.2. The average molecular weight is 426 g/mol. The second-order valence-electron chi connectivity index (χ2n) is 5.89. The smallest absolute Gasteiger partial charge is 0.261 e. The molecule has 1 fully saturated rings.